The normalized spacial score (nSPS) is 14.9. The van der Waals surface area contributed by atoms with E-state index in [1.807, 2.05) is 30.6 Å². The van der Waals surface area contributed by atoms with Gasteiger partial charge in [-0.15, -0.1) is 0 Å². The number of rotatable bonds is 6. The largest absolute Gasteiger partial charge is 0.379 e. The van der Waals surface area contributed by atoms with Gasteiger partial charge < -0.3 is 20.9 Å². The first-order chi connectivity index (χ1) is 19.1. The number of hydrazine groups is 1. The van der Waals surface area contributed by atoms with Crippen LogP contribution in [-0.2, 0) is 16.1 Å². The topological polar surface area (TPSA) is 91.4 Å². The molecular formula is C30H27FN6O2. The van der Waals surface area contributed by atoms with Crippen molar-refractivity contribution < 1.29 is 13.9 Å². The van der Waals surface area contributed by atoms with Gasteiger partial charge in [-0.25, -0.2) is 4.39 Å². The molecule has 4 heterocycles. The second kappa shape index (κ2) is 11.0. The van der Waals surface area contributed by atoms with Gasteiger partial charge in [0.2, 0.25) is 0 Å². The minimum atomic E-state index is -0.299. The number of hydrogen-bond donors (Lipinski definition) is 3. The van der Waals surface area contributed by atoms with Crippen LogP contribution < -0.4 is 16.2 Å². The molecule has 2 aromatic carbocycles. The molecule has 0 atom stereocenters. The van der Waals surface area contributed by atoms with Crippen molar-refractivity contribution in [1.29, 1.82) is 0 Å². The Hall–Kier alpha value is -4.60. The number of hydrogen-bond acceptors (Lipinski definition) is 7. The Morgan fingerprint density at radius 2 is 1.77 bits per heavy atom. The Balaban J connectivity index is 1.19. The Morgan fingerprint density at radius 1 is 0.949 bits per heavy atom. The number of pyridine rings is 2. The van der Waals surface area contributed by atoms with Gasteiger partial charge >= 0.3 is 0 Å². The van der Waals surface area contributed by atoms with Crippen LogP contribution in [0.2, 0.25) is 0 Å². The number of nitrogens with zero attached hydrogens (tertiary/aromatic N) is 3. The third-order valence-corrected chi connectivity index (χ3v) is 6.78. The highest BCUT2D eigenvalue weighted by Crippen LogP contribution is 2.32. The second-order valence-electron chi connectivity index (χ2n) is 9.45. The summed E-state index contributed by atoms with van der Waals surface area (Å²) in [5.74, 6) is -0.565. The Bertz CT molecular complexity index is 1520. The summed E-state index contributed by atoms with van der Waals surface area (Å²) >= 11 is 0. The van der Waals surface area contributed by atoms with E-state index in [0.717, 1.165) is 66.4 Å². The average Bonchev–Trinajstić information content (AvgIpc) is 2.98. The van der Waals surface area contributed by atoms with E-state index in [4.69, 9.17) is 4.74 Å². The molecule has 0 unspecified atom stereocenters. The van der Waals surface area contributed by atoms with Gasteiger partial charge in [-0.05, 0) is 65.7 Å². The predicted molar refractivity (Wildman–Crippen MR) is 149 cm³/mol. The number of carbonyl (C=O) groups excluding carboxylic acids is 1. The van der Waals surface area contributed by atoms with E-state index in [1.165, 1.54) is 12.1 Å². The first-order valence-corrected chi connectivity index (χ1v) is 12.8. The lowest BCUT2D eigenvalue weighted by molar-refractivity contribution is -0.111. The van der Waals surface area contributed by atoms with E-state index in [9.17, 15) is 9.18 Å². The number of fused-ring (bicyclic) bond motifs is 1. The zero-order valence-electron chi connectivity index (χ0n) is 21.2. The molecule has 0 radical (unpaired) electrons. The molecular weight excluding hydrogens is 495 g/mol. The third kappa shape index (κ3) is 5.64. The summed E-state index contributed by atoms with van der Waals surface area (Å²) in [4.78, 5) is 24.6. The predicted octanol–water partition coefficient (Wildman–Crippen LogP) is 4.69. The van der Waals surface area contributed by atoms with E-state index < -0.39 is 0 Å². The van der Waals surface area contributed by atoms with E-state index in [2.05, 4.69) is 37.1 Å². The Kier molecular flexibility index (Phi) is 6.99. The molecule has 0 saturated carbocycles. The monoisotopic (exact) mass is 522 g/mol. The number of amides is 1. The summed E-state index contributed by atoms with van der Waals surface area (Å²) in [6, 6.07) is 17.8. The Labute approximate surface area is 225 Å². The number of halogens is 1. The van der Waals surface area contributed by atoms with Crippen LogP contribution in [0.1, 0.15) is 11.1 Å². The first-order valence-electron chi connectivity index (χ1n) is 12.8. The molecule has 0 aliphatic carbocycles. The number of nitrogens with one attached hydrogen (secondary N) is 3. The number of ether oxygens (including phenoxy) is 1. The van der Waals surface area contributed by atoms with Gasteiger partial charge in [-0.1, -0.05) is 6.07 Å². The molecule has 1 saturated heterocycles. The van der Waals surface area contributed by atoms with Crippen LogP contribution in [0.15, 0.2) is 85.5 Å². The van der Waals surface area contributed by atoms with Gasteiger partial charge in [-0.3, -0.25) is 19.7 Å². The van der Waals surface area contributed by atoms with E-state index >= 15 is 0 Å². The van der Waals surface area contributed by atoms with Gasteiger partial charge in [0.1, 0.15) is 5.82 Å². The average molecular weight is 523 g/mol. The van der Waals surface area contributed by atoms with Crippen molar-refractivity contribution in [3.05, 3.63) is 102 Å². The fourth-order valence-electron chi connectivity index (χ4n) is 4.71. The summed E-state index contributed by atoms with van der Waals surface area (Å²) in [6.45, 7) is 4.16. The number of benzene rings is 2. The first kappa shape index (κ1) is 24.7. The van der Waals surface area contributed by atoms with E-state index in [-0.39, 0.29) is 11.7 Å². The highest BCUT2D eigenvalue weighted by atomic mass is 19.1. The molecule has 1 amide bonds. The molecule has 1 fully saturated rings. The van der Waals surface area contributed by atoms with Crippen molar-refractivity contribution in [2.24, 2.45) is 0 Å². The van der Waals surface area contributed by atoms with Crippen LogP contribution in [0, 0.1) is 5.82 Å². The highest BCUT2D eigenvalue weighted by molar-refractivity contribution is 6.26. The van der Waals surface area contributed by atoms with Gasteiger partial charge in [-0.2, -0.15) is 0 Å². The molecule has 2 aromatic heterocycles. The highest BCUT2D eigenvalue weighted by Gasteiger charge is 2.20. The molecule has 2 aliphatic heterocycles. The summed E-state index contributed by atoms with van der Waals surface area (Å²) in [6.07, 6.45) is 6.98. The molecule has 9 heteroatoms. The fraction of sp³-hybridized carbons (Fsp3) is 0.167. The summed E-state index contributed by atoms with van der Waals surface area (Å²) < 4.78 is 18.7. The van der Waals surface area contributed by atoms with Crippen LogP contribution in [0.4, 0.5) is 15.8 Å². The van der Waals surface area contributed by atoms with E-state index in [1.54, 1.807) is 36.7 Å². The van der Waals surface area contributed by atoms with Crippen LogP contribution in [-0.4, -0.2) is 47.1 Å². The molecule has 39 heavy (non-hydrogen) atoms. The fourth-order valence-corrected chi connectivity index (χ4v) is 4.71. The van der Waals surface area contributed by atoms with Crippen molar-refractivity contribution >= 4 is 22.9 Å². The smallest absolute Gasteiger partial charge is 0.257 e. The van der Waals surface area contributed by atoms with Gasteiger partial charge in [0, 0.05) is 54.9 Å². The molecule has 4 aromatic rings. The maximum absolute atomic E-state index is 13.3. The maximum Gasteiger partial charge on any atom is 0.257 e. The second-order valence-corrected chi connectivity index (χ2v) is 9.45. The Morgan fingerprint density at radius 3 is 2.56 bits per heavy atom. The van der Waals surface area contributed by atoms with Crippen molar-refractivity contribution in [1.82, 2.24) is 20.3 Å². The number of aromatic nitrogens is 2. The van der Waals surface area contributed by atoms with Crippen molar-refractivity contribution in [3.63, 3.8) is 0 Å². The lowest BCUT2D eigenvalue weighted by Crippen LogP contribution is -2.35. The van der Waals surface area contributed by atoms with Gasteiger partial charge in [0.05, 0.1) is 42.1 Å². The number of morpholine rings is 1. The van der Waals surface area contributed by atoms with Crippen LogP contribution in [0.25, 0.3) is 28.0 Å². The molecule has 8 nitrogen and oxygen atoms in total. The minimum Gasteiger partial charge on any atom is -0.379 e. The third-order valence-electron chi connectivity index (χ3n) is 6.78. The van der Waals surface area contributed by atoms with Crippen LogP contribution in [0.3, 0.4) is 0 Å². The zero-order valence-corrected chi connectivity index (χ0v) is 21.2. The summed E-state index contributed by atoms with van der Waals surface area (Å²) in [7, 11) is 0. The van der Waals surface area contributed by atoms with Crippen molar-refractivity contribution in [2.75, 3.05) is 37.0 Å². The van der Waals surface area contributed by atoms with Gasteiger partial charge in [0.25, 0.3) is 5.91 Å². The SMILES string of the molecule is O=C(Nc1ccc(-c2ccc(F)cc2)nc1)C1=CNNc2ccc(-c3cncc(CN4CCOCC4)c3)cc21. The van der Waals surface area contributed by atoms with Gasteiger partial charge in [0.15, 0.2) is 0 Å². The molecule has 0 bridgehead atoms. The molecule has 6 rings (SSSR count). The molecule has 2 aliphatic rings. The quantitative estimate of drug-likeness (QED) is 0.338. The number of anilines is 2. The number of carbonyl (C=O) groups is 1. The lowest BCUT2D eigenvalue weighted by Gasteiger charge is -2.26. The maximum atomic E-state index is 13.3. The van der Waals surface area contributed by atoms with Crippen LogP contribution >= 0.6 is 0 Å². The standard InChI is InChI=1S/C30H27FN6O2/c31-24-4-1-21(2-5-24)28-8-6-25(17-33-28)35-30(38)27-18-34-36-29-7-3-22(14-26(27)29)23-13-20(15-32-16-23)19-37-9-11-39-12-10-37/h1-8,13-18,34,36H,9-12,19H2,(H,35,38). The molecule has 196 valence electrons. The lowest BCUT2D eigenvalue weighted by atomic mass is 9.96. The summed E-state index contributed by atoms with van der Waals surface area (Å²) in [5.41, 5.74) is 13.3. The zero-order chi connectivity index (χ0) is 26.6. The minimum absolute atomic E-state index is 0.266. The van der Waals surface area contributed by atoms with Crippen molar-refractivity contribution in [2.45, 2.75) is 6.54 Å². The molecule has 3 N–H and O–H groups in total. The summed E-state index contributed by atoms with van der Waals surface area (Å²) in [5, 5.41) is 2.93. The van der Waals surface area contributed by atoms with E-state index in [0.29, 0.717) is 17.0 Å². The molecule has 0 spiro atoms. The van der Waals surface area contributed by atoms with Crippen molar-refractivity contribution in [3.8, 4) is 22.4 Å². The van der Waals surface area contributed by atoms with Crippen LogP contribution in [0.5, 0.6) is 0 Å².